The molecule has 0 saturated carbocycles. The van der Waals surface area contributed by atoms with Gasteiger partial charge in [0.05, 0.1) is 10.7 Å². The standard InChI is InChI=1S/C28H31N3O4S/c1-3-29-28(33)26(17-22-9-5-4-6-10-22)30(18-24-11-7-8-21(2)16-24)27(32)20-36-19-23-12-14-25(15-13-23)31(34)35/h4-16,26H,3,17-20H2,1-2H3,(H,29,33). The summed E-state index contributed by atoms with van der Waals surface area (Å²) in [5, 5.41) is 13.8. The van der Waals surface area contributed by atoms with Crippen LogP contribution in [-0.2, 0) is 28.3 Å². The summed E-state index contributed by atoms with van der Waals surface area (Å²) in [7, 11) is 0. The molecule has 3 rings (SSSR count). The Labute approximate surface area is 216 Å². The molecule has 1 unspecified atom stereocenters. The molecule has 0 aliphatic heterocycles. The third-order valence-corrected chi connectivity index (χ3v) is 6.69. The van der Waals surface area contributed by atoms with Crippen molar-refractivity contribution in [3.05, 3.63) is 111 Å². The molecule has 0 radical (unpaired) electrons. The molecule has 0 heterocycles. The number of hydrogen-bond donors (Lipinski definition) is 1. The number of amides is 2. The van der Waals surface area contributed by atoms with Crippen molar-refractivity contribution in [2.45, 2.75) is 38.6 Å². The molecule has 7 nitrogen and oxygen atoms in total. The fraction of sp³-hybridized carbons (Fsp3) is 0.286. The third-order valence-electron chi connectivity index (χ3n) is 5.70. The zero-order valence-corrected chi connectivity index (χ0v) is 21.4. The zero-order chi connectivity index (χ0) is 25.9. The number of likely N-dealkylation sites (N-methyl/N-ethyl adjacent to an activating group) is 1. The molecule has 2 amide bonds. The smallest absolute Gasteiger partial charge is 0.269 e. The molecule has 0 fully saturated rings. The highest BCUT2D eigenvalue weighted by molar-refractivity contribution is 7.99. The van der Waals surface area contributed by atoms with Crippen LogP contribution in [-0.4, -0.2) is 40.0 Å². The summed E-state index contributed by atoms with van der Waals surface area (Å²) in [6.07, 6.45) is 0.414. The van der Waals surface area contributed by atoms with Crippen molar-refractivity contribution in [3.63, 3.8) is 0 Å². The summed E-state index contributed by atoms with van der Waals surface area (Å²) < 4.78 is 0. The van der Waals surface area contributed by atoms with Gasteiger partial charge in [-0.05, 0) is 30.5 Å². The monoisotopic (exact) mass is 505 g/mol. The fourth-order valence-electron chi connectivity index (χ4n) is 3.91. The number of aryl methyl sites for hydroxylation is 1. The van der Waals surface area contributed by atoms with Crippen molar-refractivity contribution in [2.24, 2.45) is 0 Å². The van der Waals surface area contributed by atoms with E-state index in [4.69, 9.17) is 0 Å². The first-order valence-corrected chi connectivity index (χ1v) is 13.0. The summed E-state index contributed by atoms with van der Waals surface area (Å²) >= 11 is 1.43. The first-order valence-electron chi connectivity index (χ1n) is 11.8. The van der Waals surface area contributed by atoms with Crippen LogP contribution < -0.4 is 5.32 Å². The molecule has 0 aliphatic rings. The average molecular weight is 506 g/mol. The Kier molecular flexibility index (Phi) is 10.1. The molecule has 3 aromatic rings. The lowest BCUT2D eigenvalue weighted by Gasteiger charge is -2.31. The number of nitro groups is 1. The van der Waals surface area contributed by atoms with E-state index >= 15 is 0 Å². The summed E-state index contributed by atoms with van der Waals surface area (Å²) in [6.45, 7) is 4.67. The Morgan fingerprint density at radius 1 is 0.972 bits per heavy atom. The van der Waals surface area contributed by atoms with Crippen molar-refractivity contribution < 1.29 is 14.5 Å². The number of carbonyl (C=O) groups is 2. The van der Waals surface area contributed by atoms with Gasteiger partial charge in [-0.3, -0.25) is 19.7 Å². The van der Waals surface area contributed by atoms with Crippen LogP contribution >= 0.6 is 11.8 Å². The lowest BCUT2D eigenvalue weighted by molar-refractivity contribution is -0.384. The Bertz CT molecular complexity index is 1170. The van der Waals surface area contributed by atoms with Crippen LogP contribution in [0, 0.1) is 17.0 Å². The summed E-state index contributed by atoms with van der Waals surface area (Å²) in [6, 6.07) is 23.3. The third kappa shape index (κ3) is 7.95. The van der Waals surface area contributed by atoms with Crippen molar-refractivity contribution >= 4 is 29.3 Å². The van der Waals surface area contributed by atoms with E-state index in [0.29, 0.717) is 25.3 Å². The number of hydrogen-bond acceptors (Lipinski definition) is 5. The van der Waals surface area contributed by atoms with Gasteiger partial charge >= 0.3 is 0 Å². The first-order chi connectivity index (χ1) is 17.4. The van der Waals surface area contributed by atoms with E-state index in [1.165, 1.54) is 23.9 Å². The Balaban J connectivity index is 1.79. The van der Waals surface area contributed by atoms with Crippen LogP contribution in [0.15, 0.2) is 78.9 Å². The number of benzene rings is 3. The van der Waals surface area contributed by atoms with Crippen molar-refractivity contribution in [2.75, 3.05) is 12.3 Å². The largest absolute Gasteiger partial charge is 0.355 e. The Morgan fingerprint density at radius 3 is 2.31 bits per heavy atom. The van der Waals surface area contributed by atoms with Crippen molar-refractivity contribution in [3.8, 4) is 0 Å². The second-order valence-electron chi connectivity index (χ2n) is 8.53. The lowest BCUT2D eigenvalue weighted by atomic mass is 10.0. The van der Waals surface area contributed by atoms with E-state index in [-0.39, 0.29) is 23.3 Å². The van der Waals surface area contributed by atoms with Gasteiger partial charge in [0.15, 0.2) is 0 Å². The first kappa shape index (κ1) is 26.9. The van der Waals surface area contributed by atoms with Crippen LogP contribution in [0.4, 0.5) is 5.69 Å². The molecule has 1 N–H and O–H groups in total. The molecule has 0 aromatic heterocycles. The minimum atomic E-state index is -0.652. The van der Waals surface area contributed by atoms with Crippen LogP contribution in [0.1, 0.15) is 29.2 Å². The maximum atomic E-state index is 13.5. The molecule has 0 bridgehead atoms. The fourth-order valence-corrected chi connectivity index (χ4v) is 4.78. The molecule has 36 heavy (non-hydrogen) atoms. The minimum Gasteiger partial charge on any atom is -0.355 e. The molecule has 0 saturated heterocycles. The number of nitrogens with zero attached hydrogens (tertiary/aromatic N) is 2. The molecular weight excluding hydrogens is 474 g/mol. The van der Waals surface area contributed by atoms with Gasteiger partial charge in [0.2, 0.25) is 11.8 Å². The lowest BCUT2D eigenvalue weighted by Crippen LogP contribution is -2.51. The predicted octanol–water partition coefficient (Wildman–Crippen LogP) is 4.91. The summed E-state index contributed by atoms with van der Waals surface area (Å²) in [4.78, 5) is 38.8. The van der Waals surface area contributed by atoms with Gasteiger partial charge in [-0.1, -0.05) is 72.3 Å². The van der Waals surface area contributed by atoms with E-state index in [0.717, 1.165) is 22.3 Å². The van der Waals surface area contributed by atoms with E-state index in [2.05, 4.69) is 5.32 Å². The number of thioether (sulfide) groups is 1. The number of non-ortho nitro benzene ring substituents is 1. The van der Waals surface area contributed by atoms with E-state index in [9.17, 15) is 19.7 Å². The van der Waals surface area contributed by atoms with Gasteiger partial charge in [0, 0.05) is 37.4 Å². The maximum absolute atomic E-state index is 13.5. The van der Waals surface area contributed by atoms with Gasteiger partial charge < -0.3 is 10.2 Å². The molecule has 0 aliphatic carbocycles. The van der Waals surface area contributed by atoms with Gasteiger partial charge in [-0.25, -0.2) is 0 Å². The van der Waals surface area contributed by atoms with Crippen LogP contribution in [0.25, 0.3) is 0 Å². The highest BCUT2D eigenvalue weighted by atomic mass is 32.2. The topological polar surface area (TPSA) is 92.6 Å². The van der Waals surface area contributed by atoms with E-state index in [1.54, 1.807) is 17.0 Å². The SMILES string of the molecule is CCNC(=O)C(Cc1ccccc1)N(Cc1cccc(C)c1)C(=O)CSCc1ccc([N+](=O)[O-])cc1. The Hall–Kier alpha value is -3.65. The van der Waals surface area contributed by atoms with E-state index < -0.39 is 11.0 Å². The predicted molar refractivity (Wildman–Crippen MR) is 144 cm³/mol. The molecule has 188 valence electrons. The second kappa shape index (κ2) is 13.4. The molecule has 8 heteroatoms. The highest BCUT2D eigenvalue weighted by Crippen LogP contribution is 2.20. The van der Waals surface area contributed by atoms with Gasteiger partial charge in [0.25, 0.3) is 5.69 Å². The number of nitrogens with one attached hydrogen (secondary N) is 1. The summed E-state index contributed by atoms with van der Waals surface area (Å²) in [5.74, 6) is 0.415. The van der Waals surface area contributed by atoms with E-state index in [1.807, 2.05) is 68.4 Å². The molecular formula is C28H31N3O4S. The maximum Gasteiger partial charge on any atom is 0.269 e. The van der Waals surface area contributed by atoms with Crippen molar-refractivity contribution in [1.29, 1.82) is 0 Å². The number of carbonyl (C=O) groups excluding carboxylic acids is 2. The van der Waals surface area contributed by atoms with Gasteiger partial charge in [-0.2, -0.15) is 0 Å². The normalized spacial score (nSPS) is 11.5. The molecule has 3 aromatic carbocycles. The van der Waals surface area contributed by atoms with Gasteiger partial charge in [-0.15, -0.1) is 11.8 Å². The zero-order valence-electron chi connectivity index (χ0n) is 20.6. The summed E-state index contributed by atoms with van der Waals surface area (Å²) in [5.41, 5.74) is 3.97. The van der Waals surface area contributed by atoms with Gasteiger partial charge in [0.1, 0.15) is 6.04 Å². The highest BCUT2D eigenvalue weighted by Gasteiger charge is 2.30. The quantitative estimate of drug-likeness (QED) is 0.279. The van der Waals surface area contributed by atoms with Crippen LogP contribution in [0.5, 0.6) is 0 Å². The average Bonchev–Trinajstić information content (AvgIpc) is 2.87. The Morgan fingerprint density at radius 2 is 1.67 bits per heavy atom. The second-order valence-corrected chi connectivity index (χ2v) is 9.51. The van der Waals surface area contributed by atoms with Crippen LogP contribution in [0.2, 0.25) is 0 Å². The number of rotatable bonds is 12. The molecule has 0 spiro atoms. The van der Waals surface area contributed by atoms with Crippen molar-refractivity contribution in [1.82, 2.24) is 10.2 Å². The number of nitro benzene ring substituents is 1. The molecule has 1 atom stereocenters. The minimum absolute atomic E-state index is 0.0369. The van der Waals surface area contributed by atoms with Crippen LogP contribution in [0.3, 0.4) is 0 Å².